The van der Waals surface area contributed by atoms with Gasteiger partial charge in [-0.15, -0.1) is 0 Å². The van der Waals surface area contributed by atoms with Crippen LogP contribution in [-0.4, -0.2) is 32.6 Å². The van der Waals surface area contributed by atoms with E-state index in [1.54, 1.807) is 0 Å². The van der Waals surface area contributed by atoms with Crippen LogP contribution in [0.4, 0.5) is 0 Å². The van der Waals surface area contributed by atoms with Gasteiger partial charge in [0.05, 0.1) is 13.2 Å². The van der Waals surface area contributed by atoms with Crippen LogP contribution in [0.5, 0.6) is 0 Å². The van der Waals surface area contributed by atoms with E-state index in [2.05, 4.69) is 5.32 Å². The van der Waals surface area contributed by atoms with Crippen LogP contribution < -0.4 is 5.32 Å². The molecule has 0 aromatic carbocycles. The lowest BCUT2D eigenvalue weighted by Crippen LogP contribution is -2.15. The summed E-state index contributed by atoms with van der Waals surface area (Å²) >= 11 is 0. The van der Waals surface area contributed by atoms with Gasteiger partial charge in [0.25, 0.3) is 0 Å². The fourth-order valence-electron chi connectivity index (χ4n) is 0.639. The summed E-state index contributed by atoms with van der Waals surface area (Å²) in [6.07, 6.45) is 1.18. The average Bonchev–Trinajstić information content (AvgIpc) is 2.04. The molecule has 0 bridgehead atoms. The molecule has 3 heteroatoms. The predicted octanol–water partition coefficient (Wildman–Crippen LogP) is 0.592. The minimum Gasteiger partial charge on any atom is -0.380 e. The first-order chi connectivity index (χ1) is 5.31. The molecule has 0 rings (SSSR count). The average molecular weight is 159 g/mol. The molecule has 0 unspecified atom stereocenters. The first-order valence-electron chi connectivity index (χ1n) is 4.05. The number of ketones is 1. The molecule has 0 aromatic heterocycles. The largest absolute Gasteiger partial charge is 0.380 e. The topological polar surface area (TPSA) is 38.3 Å². The van der Waals surface area contributed by atoms with Gasteiger partial charge in [0, 0.05) is 19.4 Å². The number of rotatable bonds is 7. The van der Waals surface area contributed by atoms with Crippen LogP contribution in [0.1, 0.15) is 19.8 Å². The zero-order chi connectivity index (χ0) is 8.53. The van der Waals surface area contributed by atoms with Crippen molar-refractivity contribution in [2.75, 3.05) is 26.8 Å². The van der Waals surface area contributed by atoms with Gasteiger partial charge in [-0.2, -0.15) is 0 Å². The van der Waals surface area contributed by atoms with Crippen molar-refractivity contribution in [2.45, 2.75) is 19.8 Å². The molecule has 1 N–H and O–H groups in total. The summed E-state index contributed by atoms with van der Waals surface area (Å²) in [6.45, 7) is 3.97. The van der Waals surface area contributed by atoms with Crippen molar-refractivity contribution in [2.24, 2.45) is 0 Å². The summed E-state index contributed by atoms with van der Waals surface area (Å²) in [6, 6.07) is 0. The lowest BCUT2D eigenvalue weighted by Gasteiger charge is -2.01. The zero-order valence-electron chi connectivity index (χ0n) is 7.35. The second-order valence-corrected chi connectivity index (χ2v) is 2.36. The van der Waals surface area contributed by atoms with Crippen LogP contribution >= 0.6 is 0 Å². The molecule has 0 amide bonds. The van der Waals surface area contributed by atoms with Crippen molar-refractivity contribution < 1.29 is 9.53 Å². The summed E-state index contributed by atoms with van der Waals surface area (Å²) in [5.41, 5.74) is 0. The SMILES string of the molecule is CCC(=O)CCOCCNC. The quantitative estimate of drug-likeness (QED) is 0.552. The van der Waals surface area contributed by atoms with Gasteiger partial charge in [-0.25, -0.2) is 0 Å². The summed E-state index contributed by atoms with van der Waals surface area (Å²) in [5, 5.41) is 2.96. The van der Waals surface area contributed by atoms with E-state index in [9.17, 15) is 4.79 Å². The smallest absolute Gasteiger partial charge is 0.134 e. The first kappa shape index (κ1) is 10.6. The first-order valence-corrected chi connectivity index (χ1v) is 4.05. The van der Waals surface area contributed by atoms with Crippen LogP contribution in [0.2, 0.25) is 0 Å². The highest BCUT2D eigenvalue weighted by molar-refractivity contribution is 5.78. The van der Waals surface area contributed by atoms with Crippen LogP contribution in [0, 0.1) is 0 Å². The summed E-state index contributed by atoms with van der Waals surface area (Å²) in [5.74, 6) is 0.273. The Morgan fingerprint density at radius 1 is 1.45 bits per heavy atom. The standard InChI is InChI=1S/C8H17NO2/c1-3-8(10)4-6-11-7-5-9-2/h9H,3-7H2,1-2H3. The van der Waals surface area contributed by atoms with Gasteiger partial charge in [-0.3, -0.25) is 4.79 Å². The predicted molar refractivity (Wildman–Crippen MR) is 44.7 cm³/mol. The molecular weight excluding hydrogens is 142 g/mol. The highest BCUT2D eigenvalue weighted by atomic mass is 16.5. The number of ether oxygens (including phenoxy) is 1. The van der Waals surface area contributed by atoms with Gasteiger partial charge in [0.2, 0.25) is 0 Å². The number of hydrogen-bond acceptors (Lipinski definition) is 3. The highest BCUT2D eigenvalue weighted by Crippen LogP contribution is 1.88. The van der Waals surface area contributed by atoms with Crippen molar-refractivity contribution in [3.8, 4) is 0 Å². The molecule has 0 saturated heterocycles. The third-order valence-corrected chi connectivity index (χ3v) is 1.42. The van der Waals surface area contributed by atoms with Crippen molar-refractivity contribution in [3.63, 3.8) is 0 Å². The van der Waals surface area contributed by atoms with Crippen LogP contribution in [0.25, 0.3) is 0 Å². The lowest BCUT2D eigenvalue weighted by atomic mass is 10.2. The number of hydrogen-bond donors (Lipinski definition) is 1. The lowest BCUT2D eigenvalue weighted by molar-refractivity contribution is -0.119. The molecule has 0 fully saturated rings. The van der Waals surface area contributed by atoms with Crippen molar-refractivity contribution in [3.05, 3.63) is 0 Å². The van der Waals surface area contributed by atoms with E-state index in [4.69, 9.17) is 4.74 Å². The Labute approximate surface area is 68.1 Å². The Hall–Kier alpha value is -0.410. The van der Waals surface area contributed by atoms with E-state index in [1.165, 1.54) is 0 Å². The number of carbonyl (C=O) groups excluding carboxylic acids is 1. The third-order valence-electron chi connectivity index (χ3n) is 1.42. The molecular formula is C8H17NO2. The summed E-state index contributed by atoms with van der Waals surface area (Å²) < 4.78 is 5.16. The maximum atomic E-state index is 10.7. The van der Waals surface area contributed by atoms with Crippen LogP contribution in [0.3, 0.4) is 0 Å². The molecule has 0 heterocycles. The molecule has 0 aromatic rings. The number of carbonyl (C=O) groups is 1. The van der Waals surface area contributed by atoms with Gasteiger partial charge >= 0.3 is 0 Å². The fraction of sp³-hybridized carbons (Fsp3) is 0.875. The summed E-state index contributed by atoms with van der Waals surface area (Å²) in [4.78, 5) is 10.7. The van der Waals surface area contributed by atoms with E-state index in [0.717, 1.165) is 6.54 Å². The molecule has 0 aliphatic carbocycles. The Morgan fingerprint density at radius 2 is 2.18 bits per heavy atom. The molecule has 0 aliphatic rings. The third kappa shape index (κ3) is 7.49. The second-order valence-electron chi connectivity index (χ2n) is 2.36. The highest BCUT2D eigenvalue weighted by Gasteiger charge is 1.96. The molecule has 66 valence electrons. The Balaban J connectivity index is 2.95. The minimum absolute atomic E-state index is 0.273. The Kier molecular flexibility index (Phi) is 7.41. The minimum atomic E-state index is 0.273. The number of nitrogens with one attached hydrogen (secondary N) is 1. The molecule has 0 saturated carbocycles. The van der Waals surface area contributed by atoms with Gasteiger partial charge in [-0.05, 0) is 7.05 Å². The molecule has 0 spiro atoms. The van der Waals surface area contributed by atoms with Crippen molar-refractivity contribution in [1.29, 1.82) is 0 Å². The van der Waals surface area contributed by atoms with E-state index < -0.39 is 0 Å². The molecule has 0 radical (unpaired) electrons. The second kappa shape index (κ2) is 7.69. The monoisotopic (exact) mass is 159 g/mol. The van der Waals surface area contributed by atoms with Gasteiger partial charge in [-0.1, -0.05) is 6.92 Å². The van der Waals surface area contributed by atoms with E-state index in [-0.39, 0.29) is 5.78 Å². The number of likely N-dealkylation sites (N-methyl/N-ethyl adjacent to an activating group) is 1. The van der Waals surface area contributed by atoms with Crippen LogP contribution in [-0.2, 0) is 9.53 Å². The normalized spacial score (nSPS) is 10.0. The number of Topliss-reactive ketones (excluding diaryl/α,β-unsaturated/α-hetero) is 1. The maximum absolute atomic E-state index is 10.7. The van der Waals surface area contributed by atoms with Crippen molar-refractivity contribution in [1.82, 2.24) is 5.32 Å². The zero-order valence-corrected chi connectivity index (χ0v) is 7.35. The van der Waals surface area contributed by atoms with Gasteiger partial charge in [0.1, 0.15) is 5.78 Å². The van der Waals surface area contributed by atoms with E-state index in [0.29, 0.717) is 26.1 Å². The van der Waals surface area contributed by atoms with Gasteiger partial charge < -0.3 is 10.1 Å². The molecule has 11 heavy (non-hydrogen) atoms. The Bertz CT molecular complexity index is 104. The van der Waals surface area contributed by atoms with E-state index >= 15 is 0 Å². The molecule has 0 atom stereocenters. The van der Waals surface area contributed by atoms with Gasteiger partial charge in [0.15, 0.2) is 0 Å². The summed E-state index contributed by atoms with van der Waals surface area (Å²) in [7, 11) is 1.88. The van der Waals surface area contributed by atoms with E-state index in [1.807, 2.05) is 14.0 Å². The Morgan fingerprint density at radius 3 is 2.73 bits per heavy atom. The molecule has 3 nitrogen and oxygen atoms in total. The van der Waals surface area contributed by atoms with Crippen LogP contribution in [0.15, 0.2) is 0 Å². The van der Waals surface area contributed by atoms with Crippen molar-refractivity contribution >= 4 is 5.78 Å². The maximum Gasteiger partial charge on any atom is 0.134 e. The molecule has 0 aliphatic heterocycles. The fourth-order valence-corrected chi connectivity index (χ4v) is 0.639.